The number of hydrogen-bond acceptors (Lipinski definition) is 4. The largest absolute Gasteiger partial charge is 0.387 e. The minimum Gasteiger partial charge on any atom is -0.387 e. The van der Waals surface area contributed by atoms with Crippen LogP contribution in [0, 0.1) is 17.3 Å². The first-order chi connectivity index (χ1) is 18.6. The van der Waals surface area contributed by atoms with Crippen molar-refractivity contribution in [3.8, 4) is 11.1 Å². The lowest BCUT2D eigenvalue weighted by Crippen LogP contribution is -2.62. The maximum atomic E-state index is 13.4. The van der Waals surface area contributed by atoms with E-state index in [9.17, 15) is 19.5 Å². The number of pyridine rings is 1. The molecule has 2 saturated carbocycles. The number of likely N-dealkylation sites (tertiary alicyclic amines) is 1. The summed E-state index contributed by atoms with van der Waals surface area (Å²) in [5.41, 5.74) is 0.0272. The highest BCUT2D eigenvalue weighted by Gasteiger charge is 2.55. The SMILES string of the molecule is C[C@H](CC1CCC1)C(=O)N1CC[C@@](O)(Cn2cc(C(=O)N(C)C)c(-c3ccccc3)cc2=O)C2(CCCC2)C1. The van der Waals surface area contributed by atoms with E-state index in [4.69, 9.17) is 0 Å². The molecule has 1 spiro atoms. The van der Waals surface area contributed by atoms with Crippen molar-refractivity contribution >= 4 is 11.8 Å². The third-order valence-electron chi connectivity index (χ3n) is 9.76. The molecule has 3 aliphatic rings. The smallest absolute Gasteiger partial charge is 0.255 e. The first-order valence-electron chi connectivity index (χ1n) is 14.7. The van der Waals surface area contributed by atoms with Gasteiger partial charge in [0, 0.05) is 56.3 Å². The Labute approximate surface area is 231 Å². The van der Waals surface area contributed by atoms with Crippen LogP contribution in [0.3, 0.4) is 0 Å². The van der Waals surface area contributed by atoms with Crippen LogP contribution in [0.4, 0.5) is 0 Å². The van der Waals surface area contributed by atoms with Gasteiger partial charge in [-0.3, -0.25) is 14.4 Å². The standard InChI is InChI=1S/C32H43N3O4/c1-23(18-24-10-9-11-24)29(37)34-17-16-32(39,31(21-34)14-7-8-15-31)22-35-20-27(30(38)33(2)3)26(19-28(35)36)25-12-5-4-6-13-25/h4-6,12-13,19-20,23-24,39H,7-11,14-18,21-22H2,1-3H3/t23-,32-/m1/s1. The van der Waals surface area contributed by atoms with Crippen LogP contribution in [0.1, 0.15) is 75.1 Å². The molecule has 1 saturated heterocycles. The molecule has 7 heteroatoms. The molecule has 1 aromatic carbocycles. The van der Waals surface area contributed by atoms with E-state index in [1.807, 2.05) is 35.2 Å². The van der Waals surface area contributed by atoms with Gasteiger partial charge in [-0.25, -0.2) is 0 Å². The van der Waals surface area contributed by atoms with E-state index in [-0.39, 0.29) is 29.8 Å². The highest BCUT2D eigenvalue weighted by molar-refractivity contribution is 6.00. The molecule has 2 aliphatic carbocycles. The number of aliphatic hydroxyl groups is 1. The first-order valence-corrected chi connectivity index (χ1v) is 14.7. The maximum absolute atomic E-state index is 13.4. The van der Waals surface area contributed by atoms with Gasteiger partial charge < -0.3 is 19.5 Å². The number of aromatic nitrogens is 1. The topological polar surface area (TPSA) is 82.8 Å². The van der Waals surface area contributed by atoms with E-state index in [0.29, 0.717) is 36.6 Å². The molecule has 0 unspecified atom stereocenters. The number of benzene rings is 1. The molecule has 0 bridgehead atoms. The molecule has 1 N–H and O–H groups in total. The molecule has 2 aromatic rings. The zero-order valence-corrected chi connectivity index (χ0v) is 23.7. The molecule has 3 fully saturated rings. The van der Waals surface area contributed by atoms with Gasteiger partial charge in [0.1, 0.15) is 0 Å². The highest BCUT2D eigenvalue weighted by atomic mass is 16.3. The summed E-state index contributed by atoms with van der Waals surface area (Å²) in [6.07, 6.45) is 10.5. The van der Waals surface area contributed by atoms with E-state index in [0.717, 1.165) is 37.7 Å². The average Bonchev–Trinajstić information content (AvgIpc) is 3.38. The summed E-state index contributed by atoms with van der Waals surface area (Å²) in [5.74, 6) is 0.702. The molecule has 7 nitrogen and oxygen atoms in total. The Bertz CT molecular complexity index is 1260. The summed E-state index contributed by atoms with van der Waals surface area (Å²) in [6.45, 7) is 3.21. The van der Waals surface area contributed by atoms with Gasteiger partial charge in [0.15, 0.2) is 0 Å². The van der Waals surface area contributed by atoms with Gasteiger partial charge in [-0.15, -0.1) is 0 Å². The fourth-order valence-electron chi connectivity index (χ4n) is 7.17. The second kappa shape index (κ2) is 10.9. The van der Waals surface area contributed by atoms with Gasteiger partial charge in [-0.05, 0) is 37.2 Å². The number of rotatable bonds is 7. The van der Waals surface area contributed by atoms with Gasteiger partial charge in [-0.2, -0.15) is 0 Å². The van der Waals surface area contributed by atoms with Crippen LogP contribution in [0.25, 0.3) is 11.1 Å². The van der Waals surface area contributed by atoms with Crippen molar-refractivity contribution in [3.05, 3.63) is 58.5 Å². The zero-order valence-electron chi connectivity index (χ0n) is 23.7. The molecule has 5 rings (SSSR count). The summed E-state index contributed by atoms with van der Waals surface area (Å²) in [6, 6.07) is 11.0. The molecule has 1 aliphatic heterocycles. The Morgan fingerprint density at radius 3 is 2.38 bits per heavy atom. The van der Waals surface area contributed by atoms with Gasteiger partial charge in [0.25, 0.3) is 11.5 Å². The highest BCUT2D eigenvalue weighted by Crippen LogP contribution is 2.52. The van der Waals surface area contributed by atoms with Gasteiger partial charge in [-0.1, -0.05) is 69.4 Å². The summed E-state index contributed by atoms with van der Waals surface area (Å²) < 4.78 is 1.53. The predicted molar refractivity (Wildman–Crippen MR) is 152 cm³/mol. The maximum Gasteiger partial charge on any atom is 0.255 e. The number of carbonyl (C=O) groups is 2. The molecule has 1 aromatic heterocycles. The van der Waals surface area contributed by atoms with E-state index >= 15 is 0 Å². The molecule has 0 radical (unpaired) electrons. The van der Waals surface area contributed by atoms with E-state index in [2.05, 4.69) is 6.92 Å². The average molecular weight is 534 g/mol. The number of nitrogens with zero attached hydrogens (tertiary/aromatic N) is 3. The van der Waals surface area contributed by atoms with Crippen LogP contribution < -0.4 is 5.56 Å². The minimum atomic E-state index is -1.13. The normalized spacial score (nSPS) is 23.4. The van der Waals surface area contributed by atoms with Crippen molar-refractivity contribution in [1.82, 2.24) is 14.4 Å². The molecular formula is C32H43N3O4. The molecule has 210 valence electrons. The van der Waals surface area contributed by atoms with Crippen molar-refractivity contribution in [2.75, 3.05) is 27.2 Å². The van der Waals surface area contributed by atoms with Gasteiger partial charge in [0.2, 0.25) is 5.91 Å². The monoisotopic (exact) mass is 533 g/mol. The quantitative estimate of drug-likeness (QED) is 0.565. The number of hydrogen-bond donors (Lipinski definition) is 1. The fourth-order valence-corrected chi connectivity index (χ4v) is 7.17. The Morgan fingerprint density at radius 2 is 1.77 bits per heavy atom. The van der Waals surface area contributed by atoms with E-state index < -0.39 is 11.0 Å². The number of carbonyl (C=O) groups excluding carboxylic acids is 2. The van der Waals surface area contributed by atoms with Crippen LogP contribution in [0.2, 0.25) is 0 Å². The Kier molecular flexibility index (Phi) is 7.73. The van der Waals surface area contributed by atoms with Crippen LogP contribution in [0.15, 0.2) is 47.4 Å². The van der Waals surface area contributed by atoms with Gasteiger partial charge >= 0.3 is 0 Å². The van der Waals surface area contributed by atoms with Crippen LogP contribution in [-0.4, -0.2) is 64.1 Å². The summed E-state index contributed by atoms with van der Waals surface area (Å²) in [4.78, 5) is 43.6. The van der Waals surface area contributed by atoms with Gasteiger partial charge in [0.05, 0.1) is 17.7 Å². The number of piperidine rings is 1. The zero-order chi connectivity index (χ0) is 27.8. The lowest BCUT2D eigenvalue weighted by Gasteiger charge is -2.53. The fraction of sp³-hybridized carbons (Fsp3) is 0.594. The predicted octanol–water partition coefficient (Wildman–Crippen LogP) is 4.57. The van der Waals surface area contributed by atoms with Crippen LogP contribution in [-0.2, 0) is 11.3 Å². The summed E-state index contributed by atoms with van der Waals surface area (Å²) in [5, 5.41) is 12.3. The minimum absolute atomic E-state index is 0.00713. The molecule has 39 heavy (non-hydrogen) atoms. The van der Waals surface area contributed by atoms with Crippen LogP contribution >= 0.6 is 0 Å². The van der Waals surface area contributed by atoms with E-state index in [1.54, 1.807) is 20.3 Å². The molecule has 2 atom stereocenters. The van der Waals surface area contributed by atoms with Crippen molar-refractivity contribution < 1.29 is 14.7 Å². The third kappa shape index (κ3) is 5.30. The van der Waals surface area contributed by atoms with Crippen molar-refractivity contribution in [3.63, 3.8) is 0 Å². The Hall–Kier alpha value is -2.93. The lowest BCUT2D eigenvalue weighted by atomic mass is 9.65. The Morgan fingerprint density at radius 1 is 1.08 bits per heavy atom. The molecule has 2 heterocycles. The Balaban J connectivity index is 1.43. The number of amides is 2. The van der Waals surface area contributed by atoms with Crippen LogP contribution in [0.5, 0.6) is 0 Å². The molecule has 2 amide bonds. The summed E-state index contributed by atoms with van der Waals surface area (Å²) >= 11 is 0. The van der Waals surface area contributed by atoms with Crippen molar-refractivity contribution in [2.24, 2.45) is 17.3 Å². The second-order valence-electron chi connectivity index (χ2n) is 12.6. The summed E-state index contributed by atoms with van der Waals surface area (Å²) in [7, 11) is 3.40. The van der Waals surface area contributed by atoms with Crippen molar-refractivity contribution in [2.45, 2.75) is 76.9 Å². The van der Waals surface area contributed by atoms with E-state index in [1.165, 1.54) is 34.8 Å². The first kappa shape index (κ1) is 27.6. The van der Waals surface area contributed by atoms with Crippen molar-refractivity contribution in [1.29, 1.82) is 0 Å². The second-order valence-corrected chi connectivity index (χ2v) is 12.6. The lowest BCUT2D eigenvalue weighted by molar-refractivity contribution is -0.163. The third-order valence-corrected chi connectivity index (χ3v) is 9.76. The molecular weight excluding hydrogens is 490 g/mol.